The van der Waals surface area contributed by atoms with Gasteiger partial charge in [-0.2, -0.15) is 0 Å². The normalized spacial score (nSPS) is 9.44. The molecule has 90 valence electrons. The summed E-state index contributed by atoms with van der Waals surface area (Å²) in [5, 5.41) is 3.54. The van der Waals surface area contributed by atoms with Gasteiger partial charge in [0.1, 0.15) is 0 Å². The van der Waals surface area contributed by atoms with Gasteiger partial charge in [-0.15, -0.1) is 12.4 Å². The van der Waals surface area contributed by atoms with Crippen LogP contribution >= 0.6 is 35.6 Å². The van der Waals surface area contributed by atoms with Crippen LogP contribution in [0.2, 0.25) is 10.0 Å². The van der Waals surface area contributed by atoms with Crippen molar-refractivity contribution in [2.24, 2.45) is 5.73 Å². The summed E-state index contributed by atoms with van der Waals surface area (Å²) in [5.41, 5.74) is 5.81. The van der Waals surface area contributed by atoms with Crippen LogP contribution in [0.4, 0.5) is 0 Å². The van der Waals surface area contributed by atoms with E-state index in [1.165, 1.54) is 0 Å². The third-order valence-electron chi connectivity index (χ3n) is 1.85. The van der Waals surface area contributed by atoms with Gasteiger partial charge in [0.25, 0.3) is 5.91 Å². The van der Waals surface area contributed by atoms with Crippen molar-refractivity contribution < 1.29 is 4.79 Å². The van der Waals surface area contributed by atoms with Crippen molar-refractivity contribution in [1.29, 1.82) is 0 Å². The maximum Gasteiger partial charge on any atom is 0.251 e. The first-order valence-corrected chi connectivity index (χ1v) is 5.34. The van der Waals surface area contributed by atoms with Gasteiger partial charge in [-0.25, -0.2) is 0 Å². The lowest BCUT2D eigenvalue weighted by Crippen LogP contribution is -2.25. The molecule has 0 aromatic heterocycles. The lowest BCUT2D eigenvalue weighted by Gasteiger charge is -2.04. The number of benzene rings is 1. The van der Waals surface area contributed by atoms with Crippen LogP contribution in [0.1, 0.15) is 16.8 Å². The van der Waals surface area contributed by atoms with Crippen molar-refractivity contribution in [1.82, 2.24) is 5.32 Å². The van der Waals surface area contributed by atoms with Gasteiger partial charge in [0.05, 0.1) is 10.0 Å². The largest absolute Gasteiger partial charge is 0.352 e. The van der Waals surface area contributed by atoms with Crippen LogP contribution in [0, 0.1) is 0 Å². The van der Waals surface area contributed by atoms with Gasteiger partial charge in [0.2, 0.25) is 0 Å². The highest BCUT2D eigenvalue weighted by Gasteiger charge is 2.06. The zero-order valence-corrected chi connectivity index (χ0v) is 10.8. The summed E-state index contributed by atoms with van der Waals surface area (Å²) in [6.45, 7) is 1.12. The first-order chi connectivity index (χ1) is 7.15. The Morgan fingerprint density at radius 3 is 2.56 bits per heavy atom. The molecule has 0 aliphatic carbocycles. The Bertz CT molecular complexity index is 358. The molecule has 0 saturated carbocycles. The molecule has 1 rings (SSSR count). The fourth-order valence-corrected chi connectivity index (χ4v) is 1.34. The molecule has 0 fully saturated rings. The molecule has 1 amide bonds. The van der Waals surface area contributed by atoms with Crippen LogP contribution in [0.5, 0.6) is 0 Å². The van der Waals surface area contributed by atoms with Gasteiger partial charge < -0.3 is 11.1 Å². The Balaban J connectivity index is 0.00000225. The van der Waals surface area contributed by atoms with Crippen molar-refractivity contribution in [2.75, 3.05) is 13.1 Å². The number of hydrogen-bond donors (Lipinski definition) is 2. The number of nitrogens with one attached hydrogen (secondary N) is 1. The average Bonchev–Trinajstić information content (AvgIpc) is 2.22. The molecular weight excluding hydrogens is 270 g/mol. The second-order valence-electron chi connectivity index (χ2n) is 3.03. The highest BCUT2D eigenvalue weighted by atomic mass is 35.5. The fraction of sp³-hybridized carbons (Fsp3) is 0.300. The Morgan fingerprint density at radius 1 is 1.31 bits per heavy atom. The molecule has 0 heterocycles. The van der Waals surface area contributed by atoms with Gasteiger partial charge in [-0.3, -0.25) is 4.79 Å². The van der Waals surface area contributed by atoms with Gasteiger partial charge in [0.15, 0.2) is 0 Å². The number of carbonyl (C=O) groups is 1. The Kier molecular flexibility index (Phi) is 7.51. The lowest BCUT2D eigenvalue weighted by molar-refractivity contribution is 0.0953. The number of halogens is 3. The zero-order valence-electron chi connectivity index (χ0n) is 8.50. The fourth-order valence-electron chi connectivity index (χ4n) is 1.04. The molecule has 3 N–H and O–H groups in total. The quantitative estimate of drug-likeness (QED) is 0.834. The van der Waals surface area contributed by atoms with Crippen LogP contribution in [0.15, 0.2) is 18.2 Å². The third-order valence-corrected chi connectivity index (χ3v) is 2.59. The van der Waals surface area contributed by atoms with Gasteiger partial charge in [-0.05, 0) is 31.2 Å². The van der Waals surface area contributed by atoms with Gasteiger partial charge in [0, 0.05) is 12.1 Å². The summed E-state index contributed by atoms with van der Waals surface area (Å²) in [6.07, 6.45) is 0.757. The first-order valence-electron chi connectivity index (χ1n) is 4.58. The molecule has 0 bridgehead atoms. The van der Waals surface area contributed by atoms with E-state index in [1.54, 1.807) is 18.2 Å². The second kappa shape index (κ2) is 7.74. The molecule has 0 unspecified atom stereocenters. The second-order valence-corrected chi connectivity index (χ2v) is 3.84. The summed E-state index contributed by atoms with van der Waals surface area (Å²) in [4.78, 5) is 11.5. The average molecular weight is 284 g/mol. The Morgan fingerprint density at radius 2 is 2.00 bits per heavy atom. The molecule has 0 spiro atoms. The SMILES string of the molecule is Cl.NCCCNC(=O)c1ccc(Cl)c(Cl)c1. The molecule has 16 heavy (non-hydrogen) atoms. The highest BCUT2D eigenvalue weighted by molar-refractivity contribution is 6.42. The molecule has 3 nitrogen and oxygen atoms in total. The van der Waals surface area contributed by atoms with E-state index in [2.05, 4.69) is 5.32 Å². The molecular formula is C10H13Cl3N2O. The van der Waals surface area contributed by atoms with Crippen LogP contribution < -0.4 is 11.1 Å². The minimum absolute atomic E-state index is 0. The van der Waals surface area contributed by atoms with Crippen molar-refractivity contribution in [3.8, 4) is 0 Å². The van der Waals surface area contributed by atoms with Gasteiger partial charge in [-0.1, -0.05) is 23.2 Å². The molecule has 0 aliphatic heterocycles. The van der Waals surface area contributed by atoms with E-state index >= 15 is 0 Å². The maximum absolute atomic E-state index is 11.5. The number of amides is 1. The van der Waals surface area contributed by atoms with E-state index in [1.807, 2.05) is 0 Å². The highest BCUT2D eigenvalue weighted by Crippen LogP contribution is 2.22. The Hall–Kier alpha value is -0.480. The smallest absolute Gasteiger partial charge is 0.251 e. The zero-order chi connectivity index (χ0) is 11.3. The van der Waals surface area contributed by atoms with Crippen LogP contribution in [0.25, 0.3) is 0 Å². The van der Waals surface area contributed by atoms with Crippen molar-refractivity contribution >= 4 is 41.5 Å². The number of rotatable bonds is 4. The van der Waals surface area contributed by atoms with E-state index in [0.29, 0.717) is 28.7 Å². The van der Waals surface area contributed by atoms with Crippen molar-refractivity contribution in [2.45, 2.75) is 6.42 Å². The van der Waals surface area contributed by atoms with E-state index in [-0.39, 0.29) is 18.3 Å². The Labute approximate surface area is 111 Å². The van der Waals surface area contributed by atoms with Crippen molar-refractivity contribution in [3.05, 3.63) is 33.8 Å². The third kappa shape index (κ3) is 4.58. The molecule has 0 radical (unpaired) electrons. The van der Waals surface area contributed by atoms with E-state index in [9.17, 15) is 4.79 Å². The molecule has 1 aromatic carbocycles. The summed E-state index contributed by atoms with van der Waals surface area (Å²) in [6, 6.07) is 4.77. The number of hydrogen-bond acceptors (Lipinski definition) is 2. The predicted octanol–water partition coefficient (Wildman–Crippen LogP) is 2.49. The predicted molar refractivity (Wildman–Crippen MR) is 69.7 cm³/mol. The minimum atomic E-state index is -0.165. The lowest BCUT2D eigenvalue weighted by atomic mass is 10.2. The monoisotopic (exact) mass is 282 g/mol. The van der Waals surface area contributed by atoms with Crippen LogP contribution in [-0.2, 0) is 0 Å². The van der Waals surface area contributed by atoms with Crippen LogP contribution in [0.3, 0.4) is 0 Å². The van der Waals surface area contributed by atoms with Crippen molar-refractivity contribution in [3.63, 3.8) is 0 Å². The maximum atomic E-state index is 11.5. The molecule has 0 atom stereocenters. The topological polar surface area (TPSA) is 55.1 Å². The molecule has 1 aromatic rings. The first kappa shape index (κ1) is 15.5. The minimum Gasteiger partial charge on any atom is -0.352 e. The van der Waals surface area contributed by atoms with E-state index < -0.39 is 0 Å². The summed E-state index contributed by atoms with van der Waals surface area (Å²) >= 11 is 11.5. The standard InChI is InChI=1S/C10H12Cl2N2O.ClH/c11-8-3-2-7(6-9(8)12)10(15)14-5-1-4-13;/h2-3,6H,1,4-5,13H2,(H,14,15);1H. The summed E-state index contributed by atoms with van der Waals surface area (Å²) in [5.74, 6) is -0.165. The summed E-state index contributed by atoms with van der Waals surface area (Å²) in [7, 11) is 0. The number of nitrogens with two attached hydrogens (primary N) is 1. The van der Waals surface area contributed by atoms with E-state index in [0.717, 1.165) is 6.42 Å². The van der Waals surface area contributed by atoms with Crippen LogP contribution in [-0.4, -0.2) is 19.0 Å². The molecule has 0 aliphatic rings. The summed E-state index contributed by atoms with van der Waals surface area (Å²) < 4.78 is 0. The molecule has 6 heteroatoms. The number of carbonyl (C=O) groups excluding carboxylic acids is 1. The molecule has 0 saturated heterocycles. The van der Waals surface area contributed by atoms with E-state index in [4.69, 9.17) is 28.9 Å². The van der Waals surface area contributed by atoms with Gasteiger partial charge >= 0.3 is 0 Å².